The summed E-state index contributed by atoms with van der Waals surface area (Å²) in [5, 5.41) is 9.12. The Kier molecular flexibility index (Phi) is 4.15. The smallest absolute Gasteiger partial charge is 0.335 e. The van der Waals surface area contributed by atoms with Crippen molar-refractivity contribution in [1.29, 1.82) is 0 Å². The van der Waals surface area contributed by atoms with Crippen LogP contribution in [0.4, 0.5) is 0 Å². The van der Waals surface area contributed by atoms with E-state index in [0.29, 0.717) is 13.1 Å². The maximum atomic E-state index is 12.7. The average Bonchev–Trinajstić information content (AvgIpc) is 2.60. The SMILES string of the molecule is C[C@@H](C(=O)N1CCc2ccc(C(=O)O)cc2C1)c1ccccc1. The molecule has 4 nitrogen and oxygen atoms in total. The van der Waals surface area contributed by atoms with E-state index in [2.05, 4.69) is 0 Å². The van der Waals surface area contributed by atoms with E-state index in [-0.39, 0.29) is 17.4 Å². The highest BCUT2D eigenvalue weighted by molar-refractivity contribution is 5.88. The molecule has 0 radical (unpaired) electrons. The molecule has 23 heavy (non-hydrogen) atoms. The second-order valence-corrected chi connectivity index (χ2v) is 5.93. The van der Waals surface area contributed by atoms with Crippen molar-refractivity contribution in [2.24, 2.45) is 0 Å². The highest BCUT2D eigenvalue weighted by Gasteiger charge is 2.26. The molecule has 0 bridgehead atoms. The topological polar surface area (TPSA) is 57.6 Å². The van der Waals surface area contributed by atoms with E-state index >= 15 is 0 Å². The van der Waals surface area contributed by atoms with Crippen molar-refractivity contribution in [2.75, 3.05) is 6.54 Å². The first-order chi connectivity index (χ1) is 11.1. The fraction of sp³-hybridized carbons (Fsp3) is 0.263. The third-order valence-electron chi connectivity index (χ3n) is 4.45. The van der Waals surface area contributed by atoms with Gasteiger partial charge in [0.05, 0.1) is 11.5 Å². The summed E-state index contributed by atoms with van der Waals surface area (Å²) in [5.41, 5.74) is 3.34. The lowest BCUT2D eigenvalue weighted by atomic mass is 9.94. The Balaban J connectivity index is 1.79. The molecule has 0 fully saturated rings. The van der Waals surface area contributed by atoms with E-state index in [9.17, 15) is 9.59 Å². The summed E-state index contributed by atoms with van der Waals surface area (Å²) in [6.07, 6.45) is 0.766. The van der Waals surface area contributed by atoms with Crippen molar-refractivity contribution in [3.05, 3.63) is 70.8 Å². The van der Waals surface area contributed by atoms with Crippen LogP contribution in [0, 0.1) is 0 Å². The molecule has 0 spiro atoms. The molecule has 0 saturated heterocycles. The van der Waals surface area contributed by atoms with E-state index in [0.717, 1.165) is 23.1 Å². The number of nitrogens with zero attached hydrogens (tertiary/aromatic N) is 1. The first kappa shape index (κ1) is 15.3. The summed E-state index contributed by atoms with van der Waals surface area (Å²) in [7, 11) is 0. The molecule has 1 N–H and O–H groups in total. The van der Waals surface area contributed by atoms with E-state index < -0.39 is 5.97 Å². The van der Waals surface area contributed by atoms with Gasteiger partial charge in [-0.05, 0) is 42.2 Å². The number of hydrogen-bond donors (Lipinski definition) is 1. The summed E-state index contributed by atoms with van der Waals surface area (Å²) in [4.78, 5) is 25.7. The van der Waals surface area contributed by atoms with E-state index in [1.165, 1.54) is 0 Å². The summed E-state index contributed by atoms with van der Waals surface area (Å²) in [6, 6.07) is 14.9. The molecular formula is C19H19NO3. The van der Waals surface area contributed by atoms with Crippen molar-refractivity contribution in [3.63, 3.8) is 0 Å². The Bertz CT molecular complexity index is 740. The van der Waals surface area contributed by atoms with Crippen molar-refractivity contribution < 1.29 is 14.7 Å². The molecule has 1 atom stereocenters. The standard InChI is InChI=1S/C19H19NO3/c1-13(14-5-3-2-4-6-14)18(21)20-10-9-15-7-8-16(19(22)23)11-17(15)12-20/h2-8,11,13H,9-10,12H2,1H3,(H,22,23)/t13-/m1/s1. The summed E-state index contributed by atoms with van der Waals surface area (Å²) in [6.45, 7) is 3.07. The van der Waals surface area contributed by atoms with Gasteiger partial charge in [-0.15, -0.1) is 0 Å². The maximum Gasteiger partial charge on any atom is 0.335 e. The third kappa shape index (κ3) is 3.11. The highest BCUT2D eigenvalue weighted by atomic mass is 16.4. The predicted octanol–water partition coefficient (Wildman–Crippen LogP) is 3.07. The fourth-order valence-electron chi connectivity index (χ4n) is 3.04. The fourth-order valence-corrected chi connectivity index (χ4v) is 3.04. The number of fused-ring (bicyclic) bond motifs is 1. The molecule has 118 valence electrons. The molecule has 0 saturated carbocycles. The van der Waals surface area contributed by atoms with Gasteiger partial charge in [0.15, 0.2) is 0 Å². The van der Waals surface area contributed by atoms with Gasteiger partial charge < -0.3 is 10.0 Å². The minimum Gasteiger partial charge on any atom is -0.478 e. The number of carboxylic acids is 1. The minimum atomic E-state index is -0.936. The van der Waals surface area contributed by atoms with Crippen molar-refractivity contribution in [3.8, 4) is 0 Å². The van der Waals surface area contributed by atoms with Gasteiger partial charge in [-0.2, -0.15) is 0 Å². The maximum absolute atomic E-state index is 12.7. The molecule has 1 heterocycles. The first-order valence-corrected chi connectivity index (χ1v) is 7.75. The average molecular weight is 309 g/mol. The van der Waals surface area contributed by atoms with Crippen LogP contribution in [0.15, 0.2) is 48.5 Å². The van der Waals surface area contributed by atoms with Crippen LogP contribution in [-0.2, 0) is 17.8 Å². The van der Waals surface area contributed by atoms with E-state index in [1.54, 1.807) is 12.1 Å². The number of aromatic carboxylic acids is 1. The zero-order chi connectivity index (χ0) is 16.4. The highest BCUT2D eigenvalue weighted by Crippen LogP contribution is 2.24. The Morgan fingerprint density at radius 2 is 1.83 bits per heavy atom. The van der Waals surface area contributed by atoms with E-state index in [4.69, 9.17) is 5.11 Å². The van der Waals surface area contributed by atoms with Gasteiger partial charge in [-0.1, -0.05) is 36.4 Å². The second-order valence-electron chi connectivity index (χ2n) is 5.93. The molecule has 0 unspecified atom stereocenters. The van der Waals surface area contributed by atoms with Gasteiger partial charge in [0.2, 0.25) is 5.91 Å². The Morgan fingerprint density at radius 3 is 2.52 bits per heavy atom. The van der Waals surface area contributed by atoms with Gasteiger partial charge >= 0.3 is 5.97 Å². The van der Waals surface area contributed by atoms with Crippen molar-refractivity contribution in [1.82, 2.24) is 4.90 Å². The molecule has 4 heteroatoms. The predicted molar refractivity (Wildman–Crippen MR) is 87.4 cm³/mol. The molecule has 1 amide bonds. The molecule has 0 aromatic heterocycles. The Morgan fingerprint density at radius 1 is 1.09 bits per heavy atom. The lowest BCUT2D eigenvalue weighted by Crippen LogP contribution is -2.38. The second kappa shape index (κ2) is 6.24. The lowest BCUT2D eigenvalue weighted by molar-refractivity contribution is -0.133. The van der Waals surface area contributed by atoms with Crippen LogP contribution < -0.4 is 0 Å². The van der Waals surface area contributed by atoms with Crippen LogP contribution in [0.25, 0.3) is 0 Å². The number of hydrogen-bond acceptors (Lipinski definition) is 2. The zero-order valence-electron chi connectivity index (χ0n) is 13.0. The summed E-state index contributed by atoms with van der Waals surface area (Å²) < 4.78 is 0. The van der Waals surface area contributed by atoms with Crippen LogP contribution in [0.2, 0.25) is 0 Å². The van der Waals surface area contributed by atoms with Gasteiger partial charge in [-0.3, -0.25) is 4.79 Å². The number of carbonyl (C=O) groups excluding carboxylic acids is 1. The monoisotopic (exact) mass is 309 g/mol. The molecule has 1 aliphatic rings. The first-order valence-electron chi connectivity index (χ1n) is 7.75. The number of carbonyl (C=O) groups is 2. The normalized spacial score (nSPS) is 14.9. The number of amides is 1. The van der Waals surface area contributed by atoms with Crippen molar-refractivity contribution in [2.45, 2.75) is 25.8 Å². The van der Waals surface area contributed by atoms with Gasteiger partial charge in [0, 0.05) is 13.1 Å². The molecule has 0 aliphatic carbocycles. The lowest BCUT2D eigenvalue weighted by Gasteiger charge is -2.31. The Hall–Kier alpha value is -2.62. The van der Waals surface area contributed by atoms with Crippen LogP contribution in [0.3, 0.4) is 0 Å². The van der Waals surface area contributed by atoms with Gasteiger partial charge in [-0.25, -0.2) is 4.79 Å². The number of rotatable bonds is 3. The summed E-state index contributed by atoms with van der Waals surface area (Å²) in [5.74, 6) is -1.04. The minimum absolute atomic E-state index is 0.0857. The molecule has 1 aliphatic heterocycles. The van der Waals surface area contributed by atoms with Gasteiger partial charge in [0.1, 0.15) is 0 Å². The largest absolute Gasteiger partial charge is 0.478 e. The quantitative estimate of drug-likeness (QED) is 0.948. The number of benzene rings is 2. The molecular weight excluding hydrogens is 290 g/mol. The zero-order valence-corrected chi connectivity index (χ0v) is 13.0. The molecule has 3 rings (SSSR count). The van der Waals surface area contributed by atoms with E-state index in [1.807, 2.05) is 48.2 Å². The van der Waals surface area contributed by atoms with Gasteiger partial charge in [0.25, 0.3) is 0 Å². The van der Waals surface area contributed by atoms with Crippen LogP contribution in [-0.4, -0.2) is 28.4 Å². The summed E-state index contributed by atoms with van der Waals surface area (Å²) >= 11 is 0. The molecule has 2 aromatic rings. The Labute approximate surface area is 135 Å². The number of carboxylic acid groups (broad SMARTS) is 1. The van der Waals surface area contributed by atoms with Crippen LogP contribution >= 0.6 is 0 Å². The third-order valence-corrected chi connectivity index (χ3v) is 4.45. The van der Waals surface area contributed by atoms with Crippen molar-refractivity contribution >= 4 is 11.9 Å². The van der Waals surface area contributed by atoms with Crippen LogP contribution in [0.5, 0.6) is 0 Å². The molecule has 2 aromatic carbocycles. The van der Waals surface area contributed by atoms with Crippen LogP contribution in [0.1, 0.15) is 39.9 Å².